The van der Waals surface area contributed by atoms with Crippen LogP contribution in [0.2, 0.25) is 0 Å². The van der Waals surface area contributed by atoms with Crippen LogP contribution in [0.4, 0.5) is 0 Å². The normalized spacial score (nSPS) is 22.2. The molecule has 98 valence electrons. The van der Waals surface area contributed by atoms with Gasteiger partial charge in [0, 0.05) is 25.1 Å². The quantitative estimate of drug-likeness (QED) is 0.718. The zero-order chi connectivity index (χ0) is 13.1. The highest BCUT2D eigenvalue weighted by atomic mass is 16.1. The Kier molecular flexibility index (Phi) is 4.18. The third-order valence-electron chi connectivity index (χ3n) is 3.99. The molecule has 0 amide bonds. The molecule has 2 nitrogen and oxygen atoms in total. The minimum atomic E-state index is 0.267. The van der Waals surface area contributed by atoms with Gasteiger partial charge in [-0.15, -0.1) is 0 Å². The molecule has 1 aliphatic carbocycles. The maximum Gasteiger partial charge on any atom is 0.164 e. The van der Waals surface area contributed by atoms with E-state index >= 15 is 0 Å². The minimum absolute atomic E-state index is 0.267. The summed E-state index contributed by atoms with van der Waals surface area (Å²) in [5.41, 5.74) is 1.96. The first-order valence-corrected chi connectivity index (χ1v) is 6.85. The summed E-state index contributed by atoms with van der Waals surface area (Å²) in [5, 5.41) is 0. The molecule has 2 heteroatoms. The predicted octanol–water partition coefficient (Wildman–Crippen LogP) is 3.16. The van der Waals surface area contributed by atoms with E-state index in [1.54, 1.807) is 0 Å². The number of carbonyl (C=O) groups is 1. The molecule has 0 spiro atoms. The molecule has 1 aliphatic rings. The van der Waals surface area contributed by atoms with Crippen LogP contribution in [0, 0.1) is 18.8 Å². The Labute approximate surface area is 110 Å². The highest BCUT2D eigenvalue weighted by molar-refractivity contribution is 5.97. The molecule has 1 saturated carbocycles. The van der Waals surface area contributed by atoms with E-state index in [2.05, 4.69) is 18.9 Å². The summed E-state index contributed by atoms with van der Waals surface area (Å²) >= 11 is 0. The van der Waals surface area contributed by atoms with Crippen LogP contribution >= 0.6 is 0 Å². The molecule has 2 atom stereocenters. The monoisotopic (exact) mass is 245 g/mol. The second-order valence-corrected chi connectivity index (χ2v) is 5.72. The summed E-state index contributed by atoms with van der Waals surface area (Å²) < 4.78 is 0. The molecule has 18 heavy (non-hydrogen) atoms. The van der Waals surface area contributed by atoms with Crippen molar-refractivity contribution in [2.75, 3.05) is 20.1 Å². The van der Waals surface area contributed by atoms with Gasteiger partial charge in [-0.3, -0.25) is 4.79 Å². The summed E-state index contributed by atoms with van der Waals surface area (Å²) in [6.07, 6.45) is 1.98. The second kappa shape index (κ2) is 5.66. The van der Waals surface area contributed by atoms with Crippen LogP contribution in [0.1, 0.15) is 35.7 Å². The Morgan fingerprint density at radius 3 is 2.67 bits per heavy atom. The third-order valence-corrected chi connectivity index (χ3v) is 3.99. The van der Waals surface area contributed by atoms with Crippen LogP contribution in [-0.2, 0) is 0 Å². The number of Topliss-reactive ketones (excluding diaryl/α,β-unsaturated/α-hetero) is 1. The van der Waals surface area contributed by atoms with Crippen LogP contribution < -0.4 is 0 Å². The van der Waals surface area contributed by atoms with Crippen molar-refractivity contribution < 1.29 is 4.79 Å². The SMILES string of the molecule is Cc1ccccc1C(=O)CCN(C)CC1CC1C. The van der Waals surface area contributed by atoms with Crippen molar-refractivity contribution in [1.29, 1.82) is 0 Å². The largest absolute Gasteiger partial charge is 0.306 e. The zero-order valence-electron chi connectivity index (χ0n) is 11.6. The first-order valence-electron chi connectivity index (χ1n) is 6.85. The molecule has 1 aromatic rings. The first-order chi connectivity index (χ1) is 8.58. The molecular formula is C16H23NO. The summed E-state index contributed by atoms with van der Waals surface area (Å²) in [4.78, 5) is 14.4. The van der Waals surface area contributed by atoms with Gasteiger partial charge in [0.25, 0.3) is 0 Å². The van der Waals surface area contributed by atoms with Crippen molar-refractivity contribution in [3.05, 3.63) is 35.4 Å². The van der Waals surface area contributed by atoms with Crippen molar-refractivity contribution in [2.45, 2.75) is 26.7 Å². The van der Waals surface area contributed by atoms with Gasteiger partial charge in [0.2, 0.25) is 0 Å². The number of hydrogen-bond donors (Lipinski definition) is 0. The van der Waals surface area contributed by atoms with Gasteiger partial charge in [0.1, 0.15) is 0 Å². The van der Waals surface area contributed by atoms with Gasteiger partial charge >= 0.3 is 0 Å². The van der Waals surface area contributed by atoms with Gasteiger partial charge in [0.15, 0.2) is 5.78 Å². The van der Waals surface area contributed by atoms with Crippen LogP contribution in [0.25, 0.3) is 0 Å². The van der Waals surface area contributed by atoms with E-state index in [9.17, 15) is 4.79 Å². The van der Waals surface area contributed by atoms with Gasteiger partial charge < -0.3 is 4.90 Å². The average molecular weight is 245 g/mol. The number of rotatable bonds is 6. The van der Waals surface area contributed by atoms with E-state index in [1.807, 2.05) is 31.2 Å². The third kappa shape index (κ3) is 3.42. The van der Waals surface area contributed by atoms with Crippen molar-refractivity contribution in [1.82, 2.24) is 4.90 Å². The van der Waals surface area contributed by atoms with Crippen LogP contribution in [0.15, 0.2) is 24.3 Å². The van der Waals surface area contributed by atoms with E-state index in [4.69, 9.17) is 0 Å². The number of hydrogen-bond acceptors (Lipinski definition) is 2. The lowest BCUT2D eigenvalue weighted by Crippen LogP contribution is -2.24. The van der Waals surface area contributed by atoms with Crippen LogP contribution in [-0.4, -0.2) is 30.8 Å². The second-order valence-electron chi connectivity index (χ2n) is 5.72. The van der Waals surface area contributed by atoms with Crippen molar-refractivity contribution in [3.63, 3.8) is 0 Å². The van der Waals surface area contributed by atoms with Crippen LogP contribution in [0.3, 0.4) is 0 Å². The lowest BCUT2D eigenvalue weighted by Gasteiger charge is -2.16. The van der Waals surface area contributed by atoms with E-state index < -0.39 is 0 Å². The molecule has 2 unspecified atom stereocenters. The first kappa shape index (κ1) is 13.3. The maximum absolute atomic E-state index is 12.1. The number of nitrogens with zero attached hydrogens (tertiary/aromatic N) is 1. The van der Waals surface area contributed by atoms with Gasteiger partial charge in [0.05, 0.1) is 0 Å². The Morgan fingerprint density at radius 1 is 1.39 bits per heavy atom. The Morgan fingerprint density at radius 2 is 2.06 bits per heavy atom. The van der Waals surface area contributed by atoms with E-state index in [0.29, 0.717) is 6.42 Å². The Hall–Kier alpha value is -1.15. The summed E-state index contributed by atoms with van der Waals surface area (Å²) in [7, 11) is 2.12. The van der Waals surface area contributed by atoms with E-state index in [0.717, 1.165) is 36.1 Å². The predicted molar refractivity (Wildman–Crippen MR) is 74.9 cm³/mol. The minimum Gasteiger partial charge on any atom is -0.306 e. The molecule has 0 N–H and O–H groups in total. The summed E-state index contributed by atoms with van der Waals surface area (Å²) in [5.74, 6) is 2.02. The molecule has 0 saturated heterocycles. The summed E-state index contributed by atoms with van der Waals surface area (Å²) in [6.45, 7) is 6.32. The standard InChI is InChI=1S/C16H23NO/c1-12-6-4-5-7-15(12)16(18)8-9-17(3)11-14-10-13(14)2/h4-7,13-14H,8-11H2,1-3H3. The fourth-order valence-electron chi connectivity index (χ4n) is 2.46. The maximum atomic E-state index is 12.1. The Bertz CT molecular complexity index is 427. The number of ketones is 1. The molecule has 0 heterocycles. The molecule has 0 aromatic heterocycles. The number of aryl methyl sites for hydroxylation is 1. The average Bonchev–Trinajstić information content (AvgIpc) is 3.02. The Balaban J connectivity index is 1.79. The molecule has 2 rings (SSSR count). The number of carbonyl (C=O) groups excluding carboxylic acids is 1. The lowest BCUT2D eigenvalue weighted by atomic mass is 10.0. The van der Waals surface area contributed by atoms with Crippen LogP contribution in [0.5, 0.6) is 0 Å². The zero-order valence-corrected chi connectivity index (χ0v) is 11.6. The highest BCUT2D eigenvalue weighted by Crippen LogP contribution is 2.37. The lowest BCUT2D eigenvalue weighted by molar-refractivity contribution is 0.0967. The molecule has 1 fully saturated rings. The molecule has 0 aliphatic heterocycles. The highest BCUT2D eigenvalue weighted by Gasteiger charge is 2.32. The molecule has 1 aromatic carbocycles. The fraction of sp³-hybridized carbons (Fsp3) is 0.562. The number of benzene rings is 1. The van der Waals surface area contributed by atoms with E-state index in [1.165, 1.54) is 6.42 Å². The van der Waals surface area contributed by atoms with Crippen molar-refractivity contribution in [2.24, 2.45) is 11.8 Å². The molecule has 0 radical (unpaired) electrons. The van der Waals surface area contributed by atoms with Gasteiger partial charge in [-0.2, -0.15) is 0 Å². The van der Waals surface area contributed by atoms with Gasteiger partial charge in [-0.25, -0.2) is 0 Å². The van der Waals surface area contributed by atoms with Crippen molar-refractivity contribution in [3.8, 4) is 0 Å². The fourth-order valence-corrected chi connectivity index (χ4v) is 2.46. The smallest absolute Gasteiger partial charge is 0.164 e. The van der Waals surface area contributed by atoms with Gasteiger partial charge in [-0.05, 0) is 37.8 Å². The molecular weight excluding hydrogens is 222 g/mol. The summed E-state index contributed by atoms with van der Waals surface area (Å²) in [6, 6.07) is 7.85. The topological polar surface area (TPSA) is 20.3 Å². The van der Waals surface area contributed by atoms with E-state index in [-0.39, 0.29) is 5.78 Å². The van der Waals surface area contributed by atoms with Gasteiger partial charge in [-0.1, -0.05) is 31.2 Å². The van der Waals surface area contributed by atoms with Crippen molar-refractivity contribution >= 4 is 5.78 Å². The molecule has 0 bridgehead atoms.